The normalized spacial score (nSPS) is 20.5. The van der Waals surface area contributed by atoms with E-state index in [1.165, 1.54) is 33.5 Å². The molecule has 8 nitrogen and oxygen atoms in total. The summed E-state index contributed by atoms with van der Waals surface area (Å²) in [5.74, 6) is -0.547. The summed E-state index contributed by atoms with van der Waals surface area (Å²) in [6.45, 7) is 10.1. The summed E-state index contributed by atoms with van der Waals surface area (Å²) >= 11 is 0. The Morgan fingerprint density at radius 1 is 1.17 bits per heavy atom. The van der Waals surface area contributed by atoms with Gasteiger partial charge < -0.3 is 15.0 Å². The second kappa shape index (κ2) is 9.69. The average Bonchev–Trinajstić information content (AvgIpc) is 2.64. The molecule has 0 bridgehead atoms. The Bertz CT molecular complexity index is 813. The summed E-state index contributed by atoms with van der Waals surface area (Å²) in [5.41, 5.74) is 0.340. The van der Waals surface area contributed by atoms with Crippen LogP contribution in [0.3, 0.4) is 0 Å². The Balaban J connectivity index is 2.14. The van der Waals surface area contributed by atoms with Crippen molar-refractivity contribution in [1.82, 2.24) is 14.5 Å². The highest BCUT2D eigenvalue weighted by molar-refractivity contribution is 7.89. The minimum atomic E-state index is -3.66. The SMILES string of the molecule is CCN(CC(=O)NC(C)C)C(=O)c1ccc(S(=O)(=O)N2C[C@H](C)O[C@@H](C)C2)cc1. The minimum Gasteiger partial charge on any atom is -0.373 e. The number of nitrogens with zero attached hydrogens (tertiary/aromatic N) is 2. The molecule has 2 rings (SSSR count). The quantitative estimate of drug-likeness (QED) is 0.714. The Morgan fingerprint density at radius 3 is 2.21 bits per heavy atom. The summed E-state index contributed by atoms with van der Waals surface area (Å²) < 4.78 is 32.9. The van der Waals surface area contributed by atoms with Crippen molar-refractivity contribution in [3.8, 4) is 0 Å². The molecule has 2 amide bonds. The molecule has 1 aromatic carbocycles. The zero-order valence-electron chi connectivity index (χ0n) is 17.7. The van der Waals surface area contributed by atoms with Crippen LogP contribution in [0.2, 0.25) is 0 Å². The summed E-state index contributed by atoms with van der Waals surface area (Å²) in [6.07, 6.45) is -0.353. The van der Waals surface area contributed by atoms with Crippen molar-refractivity contribution in [3.63, 3.8) is 0 Å². The number of hydrogen-bond donors (Lipinski definition) is 1. The maximum atomic E-state index is 12.9. The van der Waals surface area contributed by atoms with Gasteiger partial charge in [0, 0.05) is 31.2 Å². The lowest BCUT2D eigenvalue weighted by molar-refractivity contribution is -0.122. The van der Waals surface area contributed by atoms with Crippen LogP contribution in [0.1, 0.15) is 45.0 Å². The van der Waals surface area contributed by atoms with Crippen LogP contribution in [0.4, 0.5) is 0 Å². The van der Waals surface area contributed by atoms with Gasteiger partial charge in [-0.25, -0.2) is 8.42 Å². The van der Waals surface area contributed by atoms with E-state index in [0.717, 1.165) is 0 Å². The Kier molecular flexibility index (Phi) is 7.79. The first kappa shape index (κ1) is 23.3. The van der Waals surface area contributed by atoms with E-state index in [1.807, 2.05) is 27.7 Å². The van der Waals surface area contributed by atoms with Crippen molar-refractivity contribution in [2.75, 3.05) is 26.2 Å². The zero-order chi connectivity index (χ0) is 21.8. The number of nitrogens with one attached hydrogen (secondary N) is 1. The Morgan fingerprint density at radius 2 is 1.72 bits per heavy atom. The second-order valence-electron chi connectivity index (χ2n) is 7.65. The lowest BCUT2D eigenvalue weighted by Gasteiger charge is -2.34. The van der Waals surface area contributed by atoms with Crippen LogP contribution in [0.15, 0.2) is 29.2 Å². The molecule has 1 aliphatic rings. The molecule has 0 spiro atoms. The number of ether oxygens (including phenoxy) is 1. The topological polar surface area (TPSA) is 96.0 Å². The summed E-state index contributed by atoms with van der Waals surface area (Å²) in [6, 6.07) is 5.85. The Labute approximate surface area is 173 Å². The van der Waals surface area contributed by atoms with Gasteiger partial charge in [0.1, 0.15) is 0 Å². The van der Waals surface area contributed by atoms with Gasteiger partial charge in [-0.15, -0.1) is 0 Å². The van der Waals surface area contributed by atoms with Crippen molar-refractivity contribution in [2.24, 2.45) is 0 Å². The molecule has 0 aliphatic carbocycles. The number of hydrogen-bond acceptors (Lipinski definition) is 5. The molecule has 0 radical (unpaired) electrons. The molecule has 1 fully saturated rings. The fraction of sp³-hybridized carbons (Fsp3) is 0.600. The number of likely N-dealkylation sites (N-methyl/N-ethyl adjacent to an activating group) is 1. The lowest BCUT2D eigenvalue weighted by Crippen LogP contribution is -2.48. The molecular weight excluding hydrogens is 394 g/mol. The van der Waals surface area contributed by atoms with Gasteiger partial charge in [0.05, 0.1) is 23.6 Å². The number of rotatable bonds is 7. The van der Waals surface area contributed by atoms with E-state index in [0.29, 0.717) is 25.2 Å². The molecule has 1 aliphatic heterocycles. The highest BCUT2D eigenvalue weighted by Crippen LogP contribution is 2.21. The predicted octanol–water partition coefficient (Wildman–Crippen LogP) is 1.47. The third-order valence-corrected chi connectivity index (χ3v) is 6.42. The largest absolute Gasteiger partial charge is 0.373 e. The lowest BCUT2D eigenvalue weighted by atomic mass is 10.2. The van der Waals surface area contributed by atoms with Crippen LogP contribution >= 0.6 is 0 Å². The predicted molar refractivity (Wildman–Crippen MR) is 110 cm³/mol. The van der Waals surface area contributed by atoms with Gasteiger partial charge in [-0.1, -0.05) is 0 Å². The van der Waals surface area contributed by atoms with E-state index in [1.54, 1.807) is 6.92 Å². The van der Waals surface area contributed by atoms with Gasteiger partial charge in [-0.3, -0.25) is 9.59 Å². The zero-order valence-corrected chi connectivity index (χ0v) is 18.5. The monoisotopic (exact) mass is 425 g/mol. The second-order valence-corrected chi connectivity index (χ2v) is 9.58. The smallest absolute Gasteiger partial charge is 0.254 e. The average molecular weight is 426 g/mol. The van der Waals surface area contributed by atoms with E-state index >= 15 is 0 Å². The van der Waals surface area contributed by atoms with Crippen LogP contribution in [0.25, 0.3) is 0 Å². The minimum absolute atomic E-state index is 0.00794. The molecule has 1 N–H and O–H groups in total. The number of benzene rings is 1. The van der Waals surface area contributed by atoms with Crippen molar-refractivity contribution in [2.45, 2.75) is 57.8 Å². The first-order valence-electron chi connectivity index (χ1n) is 9.88. The van der Waals surface area contributed by atoms with Gasteiger partial charge in [0.2, 0.25) is 15.9 Å². The number of amides is 2. The number of carbonyl (C=O) groups is 2. The third-order valence-electron chi connectivity index (χ3n) is 4.58. The number of sulfonamides is 1. The van der Waals surface area contributed by atoms with E-state index in [4.69, 9.17) is 4.74 Å². The first-order chi connectivity index (χ1) is 13.5. The molecule has 2 atom stereocenters. The molecule has 9 heteroatoms. The standard InChI is InChI=1S/C20H31N3O5S/c1-6-22(13-19(24)21-14(2)3)20(25)17-7-9-18(10-8-17)29(26,27)23-11-15(4)28-16(5)12-23/h7-10,14-16H,6,11-13H2,1-5H3,(H,21,24)/t15-,16-/m0/s1. The van der Waals surface area contributed by atoms with Crippen molar-refractivity contribution in [1.29, 1.82) is 0 Å². The van der Waals surface area contributed by atoms with E-state index in [-0.39, 0.29) is 41.5 Å². The highest BCUT2D eigenvalue weighted by Gasteiger charge is 2.32. The van der Waals surface area contributed by atoms with E-state index < -0.39 is 10.0 Å². The number of carbonyl (C=O) groups excluding carboxylic acids is 2. The maximum Gasteiger partial charge on any atom is 0.254 e. The molecule has 162 valence electrons. The number of morpholine rings is 1. The van der Waals surface area contributed by atoms with Crippen molar-refractivity contribution in [3.05, 3.63) is 29.8 Å². The van der Waals surface area contributed by atoms with Crippen molar-refractivity contribution >= 4 is 21.8 Å². The molecule has 1 aromatic rings. The van der Waals surface area contributed by atoms with E-state index in [2.05, 4.69) is 5.32 Å². The van der Waals surface area contributed by atoms with E-state index in [9.17, 15) is 18.0 Å². The summed E-state index contributed by atoms with van der Waals surface area (Å²) in [4.78, 5) is 26.2. The fourth-order valence-electron chi connectivity index (χ4n) is 3.30. The van der Waals surface area contributed by atoms with Gasteiger partial charge in [-0.2, -0.15) is 4.31 Å². The van der Waals surface area contributed by atoms with Gasteiger partial charge in [0.15, 0.2) is 0 Å². The van der Waals surface area contributed by atoms with Gasteiger partial charge >= 0.3 is 0 Å². The van der Waals surface area contributed by atoms with Crippen LogP contribution < -0.4 is 5.32 Å². The Hall–Kier alpha value is -1.97. The summed E-state index contributed by atoms with van der Waals surface area (Å²) in [5, 5.41) is 2.76. The van der Waals surface area contributed by atoms with Gasteiger partial charge in [0.25, 0.3) is 5.91 Å². The van der Waals surface area contributed by atoms with Crippen LogP contribution in [-0.4, -0.2) is 73.9 Å². The first-order valence-corrected chi connectivity index (χ1v) is 11.3. The molecule has 0 unspecified atom stereocenters. The highest BCUT2D eigenvalue weighted by atomic mass is 32.2. The van der Waals surface area contributed by atoms with Crippen molar-refractivity contribution < 1.29 is 22.7 Å². The molecule has 0 aromatic heterocycles. The van der Waals surface area contributed by atoms with Crippen LogP contribution in [0, 0.1) is 0 Å². The van der Waals surface area contributed by atoms with Gasteiger partial charge in [-0.05, 0) is 58.9 Å². The molecular formula is C20H31N3O5S. The third kappa shape index (κ3) is 6.01. The molecule has 1 heterocycles. The molecule has 1 saturated heterocycles. The molecule has 29 heavy (non-hydrogen) atoms. The maximum absolute atomic E-state index is 12.9. The molecule has 0 saturated carbocycles. The van der Waals surface area contributed by atoms with Crippen LogP contribution in [-0.2, 0) is 19.6 Å². The fourth-order valence-corrected chi connectivity index (χ4v) is 4.89. The summed E-state index contributed by atoms with van der Waals surface area (Å²) in [7, 11) is -3.66. The van der Waals surface area contributed by atoms with Crippen LogP contribution in [0.5, 0.6) is 0 Å².